The molecule has 1 aromatic heterocycles. The van der Waals surface area contributed by atoms with Crippen LogP contribution in [-0.4, -0.2) is 41.2 Å². The maximum atomic E-state index is 13.2. The Morgan fingerprint density at radius 2 is 1.89 bits per heavy atom. The van der Waals surface area contributed by atoms with Gasteiger partial charge in [-0.1, -0.05) is 12.1 Å². The van der Waals surface area contributed by atoms with E-state index >= 15 is 0 Å². The van der Waals surface area contributed by atoms with E-state index in [1.54, 1.807) is 24.3 Å². The molecule has 5 rings (SSSR count). The van der Waals surface area contributed by atoms with Crippen LogP contribution in [0.4, 0.5) is 24.8 Å². The second-order valence-corrected chi connectivity index (χ2v) is 10.2. The number of halogens is 3. The Morgan fingerprint density at radius 1 is 1.16 bits per heavy atom. The molecule has 3 N–H and O–H groups in total. The third kappa shape index (κ3) is 4.89. The van der Waals surface area contributed by atoms with Gasteiger partial charge in [0.15, 0.2) is 0 Å². The average Bonchev–Trinajstić information content (AvgIpc) is 3.80. The lowest BCUT2D eigenvalue weighted by Crippen LogP contribution is -2.40. The van der Waals surface area contributed by atoms with Crippen molar-refractivity contribution in [3.63, 3.8) is 0 Å². The molecule has 2 saturated carbocycles. The monoisotopic (exact) mass is 529 g/mol. The van der Waals surface area contributed by atoms with Crippen LogP contribution in [0, 0.1) is 18.3 Å². The molecule has 2 aromatic carbocycles. The lowest BCUT2D eigenvalue weighted by molar-refractivity contribution is -0.192. The predicted molar refractivity (Wildman–Crippen MR) is 136 cm³/mol. The summed E-state index contributed by atoms with van der Waals surface area (Å²) in [5.41, 5.74) is 1.76. The summed E-state index contributed by atoms with van der Waals surface area (Å²) < 4.78 is 47.0. The predicted octanol–water partition coefficient (Wildman–Crippen LogP) is 4.73. The van der Waals surface area contributed by atoms with Gasteiger partial charge in [-0.3, -0.25) is 9.59 Å². The number of aromatic nitrogens is 2. The van der Waals surface area contributed by atoms with E-state index in [4.69, 9.17) is 4.74 Å². The highest BCUT2D eigenvalue weighted by Gasteiger charge is 2.68. The largest absolute Gasteiger partial charge is 0.496 e. The molecule has 0 aliphatic heterocycles. The number of nitrogens with one attached hydrogen (secondary N) is 3. The number of benzene rings is 2. The summed E-state index contributed by atoms with van der Waals surface area (Å²) in [5, 5.41) is 8.68. The number of aryl methyl sites for hydroxylation is 2. The first kappa shape index (κ1) is 25.9. The Kier molecular flexibility index (Phi) is 6.48. The number of anilines is 2. The van der Waals surface area contributed by atoms with Crippen LogP contribution in [0.2, 0.25) is 0 Å². The highest BCUT2D eigenvalue weighted by Crippen LogP contribution is 2.57. The van der Waals surface area contributed by atoms with E-state index in [0.717, 1.165) is 23.9 Å². The van der Waals surface area contributed by atoms with Gasteiger partial charge in [0.05, 0.1) is 23.7 Å². The molecular weight excluding hydrogens is 499 g/mol. The van der Waals surface area contributed by atoms with Crippen LogP contribution in [0.3, 0.4) is 0 Å². The van der Waals surface area contributed by atoms with Crippen LogP contribution in [-0.2, 0) is 18.4 Å². The van der Waals surface area contributed by atoms with Crippen molar-refractivity contribution in [1.82, 2.24) is 20.2 Å². The highest BCUT2D eigenvalue weighted by atomic mass is 19.4. The lowest BCUT2D eigenvalue weighted by atomic mass is 10.1. The van der Waals surface area contributed by atoms with Crippen molar-refractivity contribution in [3.05, 3.63) is 47.0 Å². The van der Waals surface area contributed by atoms with Gasteiger partial charge in [0.1, 0.15) is 11.2 Å². The Morgan fingerprint density at radius 3 is 2.53 bits per heavy atom. The van der Waals surface area contributed by atoms with Crippen LogP contribution in [0.25, 0.3) is 11.0 Å². The van der Waals surface area contributed by atoms with Gasteiger partial charge in [-0.2, -0.15) is 13.2 Å². The van der Waals surface area contributed by atoms with Gasteiger partial charge in [0.25, 0.3) is 5.91 Å². The van der Waals surface area contributed by atoms with Gasteiger partial charge < -0.3 is 25.3 Å². The van der Waals surface area contributed by atoms with Crippen molar-refractivity contribution in [2.24, 2.45) is 18.4 Å². The molecule has 202 valence electrons. The van der Waals surface area contributed by atoms with E-state index in [0.29, 0.717) is 46.5 Å². The molecule has 2 fully saturated rings. The number of rotatable bonds is 9. The smallest absolute Gasteiger partial charge is 0.403 e. The van der Waals surface area contributed by atoms with Gasteiger partial charge in [0, 0.05) is 31.9 Å². The van der Waals surface area contributed by atoms with Crippen LogP contribution >= 0.6 is 0 Å². The van der Waals surface area contributed by atoms with E-state index in [1.807, 2.05) is 24.6 Å². The molecular formula is C27H30F3N5O3. The fourth-order valence-electron chi connectivity index (χ4n) is 4.48. The number of carbonyl (C=O) groups is 2. The normalized spacial score (nSPS) is 16.3. The molecule has 0 radical (unpaired) electrons. The first-order chi connectivity index (χ1) is 18.0. The summed E-state index contributed by atoms with van der Waals surface area (Å²) in [5.74, 6) is 0.310. The summed E-state index contributed by atoms with van der Waals surface area (Å²) in [4.78, 5) is 29.7. The summed E-state index contributed by atoms with van der Waals surface area (Å²) in [6, 6.07) is 8.84. The number of amides is 2. The van der Waals surface area contributed by atoms with Crippen molar-refractivity contribution in [1.29, 1.82) is 0 Å². The number of imidazole rings is 1. The van der Waals surface area contributed by atoms with Crippen molar-refractivity contribution >= 4 is 34.5 Å². The van der Waals surface area contributed by atoms with Crippen LogP contribution in [0.15, 0.2) is 30.3 Å². The van der Waals surface area contributed by atoms with Gasteiger partial charge in [0.2, 0.25) is 11.9 Å². The molecule has 0 atom stereocenters. The summed E-state index contributed by atoms with van der Waals surface area (Å²) in [6.45, 7) is 2.51. The highest BCUT2D eigenvalue weighted by molar-refractivity contribution is 6.01. The Bertz CT molecular complexity index is 1410. The number of carbonyl (C=O) groups excluding carboxylic acids is 2. The van der Waals surface area contributed by atoms with E-state index in [-0.39, 0.29) is 25.3 Å². The first-order valence-electron chi connectivity index (χ1n) is 12.6. The minimum absolute atomic E-state index is 0.0231. The number of hydrogen-bond acceptors (Lipinski definition) is 5. The van der Waals surface area contributed by atoms with E-state index in [2.05, 4.69) is 20.9 Å². The number of hydrogen-bond donors (Lipinski definition) is 3. The minimum Gasteiger partial charge on any atom is -0.496 e. The number of nitrogens with zero attached hydrogens (tertiary/aromatic N) is 2. The molecule has 0 spiro atoms. The standard InChI is InChI=1S/C27H30F3N5O3/c1-15-4-5-17(14-32-24(37)26(8-9-26)27(28,29)30)10-19(15)33-25-34-20-11-18(23(36)31-13-16-6-7-16)22(38-3)12-21(20)35(25)2/h4-5,10-12,16H,6-9,13-14H2,1-3H3,(H,31,36)(H,32,37)(H,33,34). The minimum atomic E-state index is -4.54. The van der Waals surface area contributed by atoms with Crippen molar-refractivity contribution in [2.75, 3.05) is 19.0 Å². The second-order valence-electron chi connectivity index (χ2n) is 10.2. The molecule has 2 amide bonds. The number of fused-ring (bicyclic) bond motifs is 1. The molecule has 38 heavy (non-hydrogen) atoms. The number of alkyl halides is 3. The fraction of sp³-hybridized carbons (Fsp3) is 0.444. The molecule has 0 bridgehead atoms. The quantitative estimate of drug-likeness (QED) is 0.372. The summed E-state index contributed by atoms with van der Waals surface area (Å²) in [7, 11) is 3.34. The Hall–Kier alpha value is -3.76. The zero-order chi connectivity index (χ0) is 27.2. The van der Waals surface area contributed by atoms with Gasteiger partial charge in [-0.25, -0.2) is 4.98 Å². The molecule has 1 heterocycles. The van der Waals surface area contributed by atoms with Crippen molar-refractivity contribution in [3.8, 4) is 5.75 Å². The SMILES string of the molecule is COc1cc2c(cc1C(=O)NCC1CC1)nc(Nc1cc(CNC(=O)C3(C(F)(F)F)CC3)ccc1C)n2C. The first-order valence-corrected chi connectivity index (χ1v) is 12.6. The van der Waals surface area contributed by atoms with E-state index < -0.39 is 17.5 Å². The topological polar surface area (TPSA) is 97.3 Å². The van der Waals surface area contributed by atoms with Crippen LogP contribution in [0.1, 0.15) is 47.2 Å². The second kappa shape index (κ2) is 9.52. The van der Waals surface area contributed by atoms with Gasteiger partial charge >= 0.3 is 6.18 Å². The van der Waals surface area contributed by atoms with Crippen molar-refractivity contribution in [2.45, 2.75) is 45.3 Å². The number of methoxy groups -OCH3 is 1. The zero-order valence-electron chi connectivity index (χ0n) is 21.5. The third-order valence-corrected chi connectivity index (χ3v) is 7.42. The van der Waals surface area contributed by atoms with E-state index in [9.17, 15) is 22.8 Å². The third-order valence-electron chi connectivity index (χ3n) is 7.42. The van der Waals surface area contributed by atoms with Crippen molar-refractivity contribution < 1.29 is 27.5 Å². The van der Waals surface area contributed by atoms with Gasteiger partial charge in [-0.05, 0) is 61.8 Å². The molecule has 3 aromatic rings. The van der Waals surface area contributed by atoms with Crippen LogP contribution in [0.5, 0.6) is 5.75 Å². The van der Waals surface area contributed by atoms with E-state index in [1.165, 1.54) is 7.11 Å². The Balaban J connectivity index is 1.34. The molecule has 2 aliphatic rings. The molecule has 0 unspecified atom stereocenters. The summed E-state index contributed by atoms with van der Waals surface area (Å²) >= 11 is 0. The zero-order valence-corrected chi connectivity index (χ0v) is 21.5. The summed E-state index contributed by atoms with van der Waals surface area (Å²) in [6.07, 6.45) is -2.63. The Labute approximate surface area is 217 Å². The molecule has 8 nitrogen and oxygen atoms in total. The average molecular weight is 530 g/mol. The maximum absolute atomic E-state index is 13.2. The molecule has 0 saturated heterocycles. The lowest BCUT2D eigenvalue weighted by Gasteiger charge is -2.19. The van der Waals surface area contributed by atoms with Crippen LogP contribution < -0.4 is 20.7 Å². The molecule has 2 aliphatic carbocycles. The maximum Gasteiger partial charge on any atom is 0.403 e. The number of ether oxygens (including phenoxy) is 1. The molecule has 11 heteroatoms. The fourth-order valence-corrected chi connectivity index (χ4v) is 4.48. The van der Waals surface area contributed by atoms with Gasteiger partial charge in [-0.15, -0.1) is 0 Å².